The third kappa shape index (κ3) is 2.60. The molecule has 94 valence electrons. The van der Waals surface area contributed by atoms with Gasteiger partial charge >= 0.3 is 0 Å². The van der Waals surface area contributed by atoms with Crippen molar-refractivity contribution >= 4 is 5.69 Å². The Labute approximate surface area is 103 Å². The monoisotopic (exact) mass is 236 g/mol. The fourth-order valence-corrected chi connectivity index (χ4v) is 2.55. The van der Waals surface area contributed by atoms with Gasteiger partial charge in [0.15, 0.2) is 0 Å². The molecular weight excluding hydrogens is 215 g/mol. The third-order valence-corrected chi connectivity index (χ3v) is 3.51. The molecule has 1 saturated heterocycles. The van der Waals surface area contributed by atoms with Crippen LogP contribution < -0.4 is 10.6 Å². The van der Waals surface area contributed by atoms with Crippen LogP contribution in [0.25, 0.3) is 0 Å². The van der Waals surface area contributed by atoms with Crippen molar-refractivity contribution in [2.45, 2.75) is 26.7 Å². The van der Waals surface area contributed by atoms with Crippen molar-refractivity contribution in [3.05, 3.63) is 29.6 Å². The molecule has 0 atom stereocenters. The first kappa shape index (κ1) is 12.4. The normalized spacial score (nSPS) is 18.7. The van der Waals surface area contributed by atoms with Crippen molar-refractivity contribution in [3.63, 3.8) is 0 Å². The summed E-state index contributed by atoms with van der Waals surface area (Å²) in [5.74, 6) is -0.127. The van der Waals surface area contributed by atoms with E-state index < -0.39 is 0 Å². The molecule has 0 radical (unpaired) electrons. The van der Waals surface area contributed by atoms with Gasteiger partial charge in [-0.05, 0) is 36.9 Å². The lowest BCUT2D eigenvalue weighted by Gasteiger charge is -2.24. The predicted octanol–water partition coefficient (Wildman–Crippen LogP) is 2.56. The highest BCUT2D eigenvalue weighted by molar-refractivity contribution is 5.55. The molecule has 1 fully saturated rings. The number of rotatable bonds is 3. The summed E-state index contributed by atoms with van der Waals surface area (Å²) < 4.78 is 13.8. The highest BCUT2D eigenvalue weighted by Crippen LogP contribution is 2.34. The van der Waals surface area contributed by atoms with Gasteiger partial charge in [0.25, 0.3) is 0 Å². The lowest BCUT2D eigenvalue weighted by atomic mass is 9.93. The first-order chi connectivity index (χ1) is 8.03. The maximum atomic E-state index is 13.8. The molecule has 0 spiro atoms. The minimum Gasteiger partial charge on any atom is -0.371 e. The van der Waals surface area contributed by atoms with E-state index >= 15 is 0 Å². The zero-order valence-corrected chi connectivity index (χ0v) is 10.7. The molecule has 1 aromatic rings. The van der Waals surface area contributed by atoms with Gasteiger partial charge in [-0.2, -0.15) is 0 Å². The number of halogens is 1. The van der Waals surface area contributed by atoms with Crippen molar-refractivity contribution in [2.24, 2.45) is 11.1 Å². The summed E-state index contributed by atoms with van der Waals surface area (Å²) >= 11 is 0. The van der Waals surface area contributed by atoms with Gasteiger partial charge in [0.2, 0.25) is 0 Å². The Morgan fingerprint density at radius 1 is 1.41 bits per heavy atom. The van der Waals surface area contributed by atoms with Gasteiger partial charge in [-0.1, -0.05) is 19.9 Å². The molecule has 1 aliphatic rings. The van der Waals surface area contributed by atoms with E-state index in [0.29, 0.717) is 18.4 Å². The van der Waals surface area contributed by atoms with Gasteiger partial charge in [-0.3, -0.25) is 0 Å². The Kier molecular flexibility index (Phi) is 3.38. The zero-order valence-electron chi connectivity index (χ0n) is 10.7. The number of benzene rings is 1. The van der Waals surface area contributed by atoms with E-state index in [0.717, 1.165) is 30.8 Å². The SMILES string of the molecule is CC1(C)CCN(c2cccc(F)c2CCN)C1. The zero-order chi connectivity index (χ0) is 12.5. The lowest BCUT2D eigenvalue weighted by Crippen LogP contribution is -2.24. The summed E-state index contributed by atoms with van der Waals surface area (Å²) in [6, 6.07) is 5.32. The molecule has 3 heteroatoms. The minimum absolute atomic E-state index is 0.127. The summed E-state index contributed by atoms with van der Waals surface area (Å²) in [5.41, 5.74) is 7.69. The second kappa shape index (κ2) is 4.65. The van der Waals surface area contributed by atoms with Crippen molar-refractivity contribution in [1.29, 1.82) is 0 Å². The van der Waals surface area contributed by atoms with E-state index in [4.69, 9.17) is 5.73 Å². The van der Waals surface area contributed by atoms with Gasteiger partial charge < -0.3 is 10.6 Å². The van der Waals surface area contributed by atoms with Crippen LogP contribution in [0.5, 0.6) is 0 Å². The van der Waals surface area contributed by atoms with Crippen molar-refractivity contribution in [3.8, 4) is 0 Å². The van der Waals surface area contributed by atoms with Crippen LogP contribution in [-0.4, -0.2) is 19.6 Å². The van der Waals surface area contributed by atoms with E-state index in [1.807, 2.05) is 6.07 Å². The Balaban J connectivity index is 2.29. The number of anilines is 1. The summed E-state index contributed by atoms with van der Waals surface area (Å²) in [6.07, 6.45) is 1.77. The quantitative estimate of drug-likeness (QED) is 0.874. The standard InChI is InChI=1S/C14H21FN2/c1-14(2)7-9-17(10-14)13-5-3-4-12(15)11(13)6-8-16/h3-5H,6-10,16H2,1-2H3. The highest BCUT2D eigenvalue weighted by Gasteiger charge is 2.30. The molecule has 0 unspecified atom stereocenters. The highest BCUT2D eigenvalue weighted by atomic mass is 19.1. The Morgan fingerprint density at radius 2 is 2.18 bits per heavy atom. The number of hydrogen-bond donors (Lipinski definition) is 1. The molecule has 2 rings (SSSR count). The van der Waals surface area contributed by atoms with Crippen LogP contribution in [0.1, 0.15) is 25.8 Å². The molecule has 1 aliphatic heterocycles. The maximum absolute atomic E-state index is 13.8. The van der Waals surface area contributed by atoms with E-state index in [-0.39, 0.29) is 5.82 Å². The van der Waals surface area contributed by atoms with Crippen molar-refractivity contribution in [1.82, 2.24) is 0 Å². The molecule has 0 aliphatic carbocycles. The lowest BCUT2D eigenvalue weighted by molar-refractivity contribution is 0.418. The van der Waals surface area contributed by atoms with Crippen LogP contribution in [0.3, 0.4) is 0 Å². The van der Waals surface area contributed by atoms with Crippen LogP contribution >= 0.6 is 0 Å². The van der Waals surface area contributed by atoms with Gasteiger partial charge in [-0.15, -0.1) is 0 Å². The van der Waals surface area contributed by atoms with Gasteiger partial charge in [-0.25, -0.2) is 4.39 Å². The second-order valence-electron chi connectivity index (χ2n) is 5.61. The summed E-state index contributed by atoms with van der Waals surface area (Å²) in [4.78, 5) is 2.29. The van der Waals surface area contributed by atoms with E-state index in [9.17, 15) is 4.39 Å². The first-order valence-electron chi connectivity index (χ1n) is 6.26. The maximum Gasteiger partial charge on any atom is 0.128 e. The van der Waals surface area contributed by atoms with E-state index in [1.54, 1.807) is 6.07 Å². The molecule has 2 N–H and O–H groups in total. The molecule has 2 nitrogen and oxygen atoms in total. The number of hydrogen-bond acceptors (Lipinski definition) is 2. The minimum atomic E-state index is -0.127. The summed E-state index contributed by atoms with van der Waals surface area (Å²) in [7, 11) is 0. The Hall–Kier alpha value is -1.09. The predicted molar refractivity (Wildman–Crippen MR) is 69.8 cm³/mol. The molecule has 1 aromatic carbocycles. The van der Waals surface area contributed by atoms with Gasteiger partial charge in [0.1, 0.15) is 5.82 Å². The van der Waals surface area contributed by atoms with Gasteiger partial charge in [0.05, 0.1) is 0 Å². The van der Waals surface area contributed by atoms with Crippen LogP contribution in [0, 0.1) is 11.2 Å². The topological polar surface area (TPSA) is 29.3 Å². The number of nitrogens with two attached hydrogens (primary N) is 1. The van der Waals surface area contributed by atoms with Crippen LogP contribution in [0.4, 0.5) is 10.1 Å². The number of nitrogens with zero attached hydrogens (tertiary/aromatic N) is 1. The summed E-state index contributed by atoms with van der Waals surface area (Å²) in [5, 5.41) is 0. The molecule has 0 aromatic heterocycles. The Bertz CT molecular complexity index is 401. The fourth-order valence-electron chi connectivity index (χ4n) is 2.55. The van der Waals surface area contributed by atoms with E-state index in [2.05, 4.69) is 18.7 Å². The first-order valence-corrected chi connectivity index (χ1v) is 6.26. The Morgan fingerprint density at radius 3 is 2.76 bits per heavy atom. The second-order valence-corrected chi connectivity index (χ2v) is 5.61. The molecule has 1 heterocycles. The van der Waals surface area contributed by atoms with Crippen molar-refractivity contribution in [2.75, 3.05) is 24.5 Å². The third-order valence-electron chi connectivity index (χ3n) is 3.51. The molecule has 0 bridgehead atoms. The molecule has 0 amide bonds. The molecular formula is C14H21FN2. The smallest absolute Gasteiger partial charge is 0.128 e. The van der Waals surface area contributed by atoms with Crippen LogP contribution in [-0.2, 0) is 6.42 Å². The van der Waals surface area contributed by atoms with Crippen LogP contribution in [0.2, 0.25) is 0 Å². The largest absolute Gasteiger partial charge is 0.371 e. The van der Waals surface area contributed by atoms with E-state index in [1.165, 1.54) is 6.07 Å². The molecule has 17 heavy (non-hydrogen) atoms. The van der Waals surface area contributed by atoms with Crippen molar-refractivity contribution < 1.29 is 4.39 Å². The van der Waals surface area contributed by atoms with Crippen LogP contribution in [0.15, 0.2) is 18.2 Å². The van der Waals surface area contributed by atoms with Gasteiger partial charge in [0, 0.05) is 24.3 Å². The summed E-state index contributed by atoms with van der Waals surface area (Å²) in [6.45, 7) is 7.01. The fraction of sp³-hybridized carbons (Fsp3) is 0.571. The average Bonchev–Trinajstić information content (AvgIpc) is 2.62. The average molecular weight is 236 g/mol. The molecule has 0 saturated carbocycles.